The van der Waals surface area contributed by atoms with Crippen LogP contribution in [0.5, 0.6) is 0 Å². The van der Waals surface area contributed by atoms with Crippen molar-refractivity contribution in [2.75, 3.05) is 44.9 Å². The van der Waals surface area contributed by atoms with E-state index in [0.29, 0.717) is 57.8 Å². The molecule has 7 rings (SSSR count). The molecule has 13 amide bonds. The molecule has 1 saturated heterocycles. The molecule has 594 valence electrons. The van der Waals surface area contributed by atoms with E-state index < -0.39 is 193 Å². The zero-order valence-electron chi connectivity index (χ0n) is 62.4. The highest BCUT2D eigenvalue weighted by Gasteiger charge is 2.38. The van der Waals surface area contributed by atoms with Crippen molar-refractivity contribution < 1.29 is 82.1 Å². The lowest BCUT2D eigenvalue weighted by Gasteiger charge is -2.29. The molecule has 3 heterocycles. The Hall–Kier alpha value is -11.0. The number of hydrogen-bond acceptors (Lipinski definition) is 18. The molecule has 33 nitrogen and oxygen atoms in total. The molecule has 110 heavy (non-hydrogen) atoms. The summed E-state index contributed by atoms with van der Waals surface area (Å²) in [4.78, 5) is 205. The van der Waals surface area contributed by atoms with Gasteiger partial charge < -0.3 is 100 Å². The van der Waals surface area contributed by atoms with E-state index in [2.05, 4.69) is 73.8 Å². The van der Waals surface area contributed by atoms with Gasteiger partial charge in [-0.05, 0) is 83.7 Å². The number of aliphatic hydroxyl groups is 1. The Morgan fingerprint density at radius 2 is 1.02 bits per heavy atom. The summed E-state index contributed by atoms with van der Waals surface area (Å²) < 4.78 is 5.21. The minimum absolute atomic E-state index is 0.0210. The Kier molecular flexibility index (Phi) is 33.5. The van der Waals surface area contributed by atoms with Crippen LogP contribution in [0.1, 0.15) is 103 Å². The number of aliphatic carboxylic acids is 1. The van der Waals surface area contributed by atoms with Crippen molar-refractivity contribution in [2.24, 2.45) is 23.3 Å². The average Bonchev–Trinajstić information content (AvgIpc) is 1.71. The topological polar surface area (TPSA) is 517 Å². The molecule has 2 aromatic heterocycles. The van der Waals surface area contributed by atoms with Crippen LogP contribution in [-0.4, -0.2) is 214 Å². The standard InChI is InChI=1S/C76H102N16O17S/c1-7-9-22-52-68(100)84-53(25-16-17-28-77)69(101)86-56(32-47-35-80-51-24-15-13-21-49(47)51)73(105)91-64(41(3)4)75(107)90-60(66(78)98)39-110-40-62(95)82-54(30-43-26-27-44-18-10-11-19-45(44)29-43)72(104)92-65(42(5)8-2)76(108)89-58(37-93)67(99)81-36-61(94)83-59(38-109-6)74(106)88-57(33-63(96)97)71(103)87-55(70(102)85-52)31-46-34-79-50-23-14-12-20-48(46)50/h10-15,18-21,23-24,26-27,29,34-35,41-42,52-60,64-65,79-80,93H,7-9,16-17,22,25,28,30-33,36-40,77H2,1-6H3,(H2,78,98)(H,81,99)(H,82,95)(H,83,94)(H,84,100)(H,85,102)(H,86,101)(H,87,103)(H,88,106)(H,89,108)(H,90,107)(H,91,105)(H,92,104)(H,96,97)/t42-,52-,53+,54-,55-,56-,57-,58-,59-,60-,64-,65-/m0/s1. The van der Waals surface area contributed by atoms with Crippen LogP contribution < -0.4 is 75.3 Å². The molecule has 1 aliphatic heterocycles. The SMILES string of the molecule is CCCC[C@@H]1NC(=O)[C@H](Cc2c[nH]c3ccccc23)NC(=O)[C@H](CC(=O)O)NC(=O)[C@H](COC)NC(=O)CNC(=O)[C@H](CO)NC(=O)[C@H]([C@@H](C)CC)NC(=O)[C@H](Cc2ccc3ccccc3c2)NC(=O)CSC[C@@H](C(N)=O)NC(=O)[C@H](C(C)C)NC(=O)[C@H](Cc2c[nH]c3ccccc23)NC(=O)[C@@H](CCCCN)NC1=O. The molecule has 0 unspecified atom stereocenters. The molecule has 0 spiro atoms. The smallest absolute Gasteiger partial charge is 0.305 e. The van der Waals surface area contributed by atoms with Crippen molar-refractivity contribution in [1.29, 1.82) is 0 Å². The van der Waals surface area contributed by atoms with E-state index in [1.165, 1.54) is 7.11 Å². The number of carboxylic acid groups (broad SMARTS) is 1. The van der Waals surface area contributed by atoms with E-state index in [1.54, 1.807) is 94.7 Å². The third-order valence-corrected chi connectivity index (χ3v) is 19.9. The van der Waals surface area contributed by atoms with E-state index in [-0.39, 0.29) is 57.2 Å². The third-order valence-electron chi connectivity index (χ3n) is 18.9. The number of fused-ring (bicyclic) bond motifs is 3. The first-order valence-corrected chi connectivity index (χ1v) is 37.9. The van der Waals surface area contributed by atoms with Crippen molar-refractivity contribution in [3.8, 4) is 0 Å². The minimum atomic E-state index is -1.97. The van der Waals surface area contributed by atoms with Crippen molar-refractivity contribution in [1.82, 2.24) is 73.8 Å². The molecule has 34 heteroatoms. The number of primary amides is 1. The van der Waals surface area contributed by atoms with Gasteiger partial charge in [-0.3, -0.25) is 67.1 Å². The highest BCUT2D eigenvalue weighted by Crippen LogP contribution is 2.23. The fraction of sp³-hybridized carbons (Fsp3) is 0.474. The second kappa shape index (κ2) is 42.7. The third kappa shape index (κ3) is 25.3. The highest BCUT2D eigenvalue weighted by atomic mass is 32.2. The van der Waals surface area contributed by atoms with Crippen LogP contribution in [0, 0.1) is 11.8 Å². The molecular weight excluding hydrogens is 1440 g/mol. The molecule has 0 aliphatic carbocycles. The van der Waals surface area contributed by atoms with Crippen molar-refractivity contribution >= 4 is 127 Å². The summed E-state index contributed by atoms with van der Waals surface area (Å²) in [6.07, 6.45) is 3.30. The first kappa shape index (κ1) is 86.3. The first-order chi connectivity index (χ1) is 52.6. The molecule has 0 bridgehead atoms. The van der Waals surface area contributed by atoms with Gasteiger partial charge in [-0.25, -0.2) is 0 Å². The Morgan fingerprint density at radius 3 is 1.57 bits per heavy atom. The number of H-pyrrole nitrogens is 2. The number of aromatic amines is 2. The van der Waals surface area contributed by atoms with Gasteiger partial charge in [-0.2, -0.15) is 0 Å². The number of carbonyl (C=O) groups is 14. The molecular formula is C76H102N16O17S. The maximum absolute atomic E-state index is 15.0. The van der Waals surface area contributed by atoms with Gasteiger partial charge in [0.15, 0.2) is 0 Å². The summed E-state index contributed by atoms with van der Waals surface area (Å²) in [6.45, 7) is 6.11. The predicted octanol–water partition coefficient (Wildman–Crippen LogP) is -0.354. The number of methoxy groups -OCH3 is 1. The summed E-state index contributed by atoms with van der Waals surface area (Å²) >= 11 is 0.869. The van der Waals surface area contributed by atoms with Gasteiger partial charge in [0.1, 0.15) is 66.5 Å². The average molecular weight is 1540 g/mol. The normalized spacial score (nSPS) is 23.4. The van der Waals surface area contributed by atoms with Crippen LogP contribution >= 0.6 is 11.8 Å². The van der Waals surface area contributed by atoms with Crippen LogP contribution in [0.2, 0.25) is 0 Å². The van der Waals surface area contributed by atoms with E-state index in [1.807, 2.05) is 43.3 Å². The number of thioether (sulfide) groups is 1. The number of amides is 13. The summed E-state index contributed by atoms with van der Waals surface area (Å²) in [6, 6.07) is 9.99. The summed E-state index contributed by atoms with van der Waals surface area (Å²) in [5.41, 5.74) is 14.8. The fourth-order valence-electron chi connectivity index (χ4n) is 12.5. The Bertz CT molecular complexity index is 4240. The number of aliphatic hydroxyl groups excluding tert-OH is 1. The number of nitrogens with two attached hydrogens (primary N) is 2. The lowest BCUT2D eigenvalue weighted by atomic mass is 9.96. The summed E-state index contributed by atoms with van der Waals surface area (Å²) in [5.74, 6) is -16.1. The monoisotopic (exact) mass is 1540 g/mol. The minimum Gasteiger partial charge on any atom is -0.481 e. The molecule has 0 radical (unpaired) electrons. The fourth-order valence-corrected chi connectivity index (χ4v) is 13.4. The van der Waals surface area contributed by atoms with Gasteiger partial charge in [-0.1, -0.05) is 133 Å². The van der Waals surface area contributed by atoms with Gasteiger partial charge in [0.05, 0.1) is 31.9 Å². The zero-order valence-corrected chi connectivity index (χ0v) is 63.2. The Balaban J connectivity index is 1.25. The first-order valence-electron chi connectivity index (χ1n) is 36.7. The quantitative estimate of drug-likeness (QED) is 0.0386. The largest absolute Gasteiger partial charge is 0.481 e. The molecule has 1 fully saturated rings. The number of nitrogens with one attached hydrogen (secondary N) is 14. The van der Waals surface area contributed by atoms with Gasteiger partial charge >= 0.3 is 5.97 Å². The summed E-state index contributed by atoms with van der Waals surface area (Å²) in [7, 11) is 1.17. The number of hydrogen-bond donors (Lipinski definition) is 18. The van der Waals surface area contributed by atoms with Crippen LogP contribution in [-0.2, 0) is 91.1 Å². The number of carboxylic acids is 1. The zero-order chi connectivity index (χ0) is 80.1. The van der Waals surface area contributed by atoms with E-state index in [0.717, 1.165) is 22.5 Å². The number of ether oxygens (including phenoxy) is 1. The van der Waals surface area contributed by atoms with Gasteiger partial charge in [0.25, 0.3) is 0 Å². The van der Waals surface area contributed by atoms with Crippen molar-refractivity contribution in [2.45, 2.75) is 172 Å². The number of carbonyl (C=O) groups excluding carboxylic acids is 13. The number of para-hydroxylation sites is 2. The number of benzene rings is 4. The summed E-state index contributed by atoms with van der Waals surface area (Å²) in [5, 5.41) is 54.7. The Morgan fingerprint density at radius 1 is 0.527 bits per heavy atom. The number of unbranched alkanes of at least 4 members (excludes halogenated alkanes) is 2. The molecule has 4 aromatic carbocycles. The molecule has 0 saturated carbocycles. The van der Waals surface area contributed by atoms with Gasteiger partial charge in [0, 0.05) is 66.3 Å². The van der Waals surface area contributed by atoms with Crippen molar-refractivity contribution in [3.05, 3.63) is 120 Å². The lowest BCUT2D eigenvalue weighted by Crippen LogP contribution is -2.61. The molecule has 12 atom stereocenters. The molecule has 20 N–H and O–H groups in total. The maximum Gasteiger partial charge on any atom is 0.305 e. The Labute approximate surface area is 640 Å². The number of rotatable bonds is 22. The van der Waals surface area contributed by atoms with Crippen LogP contribution in [0.25, 0.3) is 32.6 Å². The lowest BCUT2D eigenvalue weighted by molar-refractivity contribution is -0.141. The van der Waals surface area contributed by atoms with Crippen LogP contribution in [0.15, 0.2) is 103 Å². The van der Waals surface area contributed by atoms with E-state index in [4.69, 9.17) is 16.2 Å². The molecule has 6 aromatic rings. The van der Waals surface area contributed by atoms with Gasteiger partial charge in [-0.15, -0.1) is 11.8 Å². The second-order valence-corrected chi connectivity index (χ2v) is 28.6. The van der Waals surface area contributed by atoms with E-state index >= 15 is 4.79 Å². The van der Waals surface area contributed by atoms with E-state index in [9.17, 15) is 72.5 Å². The van der Waals surface area contributed by atoms with Crippen molar-refractivity contribution in [3.63, 3.8) is 0 Å². The second-order valence-electron chi connectivity index (χ2n) is 27.6. The van der Waals surface area contributed by atoms with Crippen LogP contribution in [0.3, 0.4) is 0 Å². The van der Waals surface area contributed by atoms with Gasteiger partial charge in [0.2, 0.25) is 76.8 Å². The molecule has 1 aliphatic rings. The predicted molar refractivity (Wildman–Crippen MR) is 410 cm³/mol. The maximum atomic E-state index is 15.0. The highest BCUT2D eigenvalue weighted by molar-refractivity contribution is 8.00. The van der Waals surface area contributed by atoms with Crippen LogP contribution in [0.4, 0.5) is 0 Å². The number of aromatic nitrogens is 2.